The van der Waals surface area contributed by atoms with Crippen LogP contribution in [0.5, 0.6) is 17.2 Å². The monoisotopic (exact) mass is 837 g/mol. The Labute approximate surface area is 349 Å². The van der Waals surface area contributed by atoms with E-state index in [1.54, 1.807) is 52.1 Å². The van der Waals surface area contributed by atoms with E-state index >= 15 is 0 Å². The molecule has 14 nitrogen and oxygen atoms in total. The van der Waals surface area contributed by atoms with Gasteiger partial charge in [0.2, 0.25) is 21.8 Å². The van der Waals surface area contributed by atoms with Crippen molar-refractivity contribution in [2.45, 2.75) is 101 Å². The molecule has 4 aromatic rings. The zero-order valence-corrected chi connectivity index (χ0v) is 35.0. The fourth-order valence-corrected chi connectivity index (χ4v) is 8.63. The highest BCUT2D eigenvalue weighted by Crippen LogP contribution is 2.46. The second-order valence-electron chi connectivity index (χ2n) is 16.6. The van der Waals surface area contributed by atoms with Crippen molar-refractivity contribution in [3.05, 3.63) is 96.6 Å². The Kier molecular flexibility index (Phi) is 12.2. The van der Waals surface area contributed by atoms with E-state index in [-0.39, 0.29) is 12.8 Å². The van der Waals surface area contributed by atoms with Gasteiger partial charge in [0.05, 0.1) is 23.6 Å². The van der Waals surface area contributed by atoms with E-state index in [2.05, 4.69) is 20.7 Å². The number of allylic oxidation sites excluding steroid dienone is 1. The van der Waals surface area contributed by atoms with Gasteiger partial charge in [0.1, 0.15) is 40.5 Å². The van der Waals surface area contributed by atoms with Crippen LogP contribution >= 0.6 is 0 Å². The predicted octanol–water partition coefficient (Wildman–Crippen LogP) is 6.76. The van der Waals surface area contributed by atoms with Gasteiger partial charge in [0, 0.05) is 29.0 Å². The van der Waals surface area contributed by atoms with E-state index in [1.165, 1.54) is 0 Å². The lowest BCUT2D eigenvalue weighted by atomic mass is 10.0. The summed E-state index contributed by atoms with van der Waals surface area (Å²) in [6, 6.07) is 21.2. The fourth-order valence-electron chi connectivity index (χ4n) is 7.27. The standard InChI is InChI=1S/C45H51N5O9S/c1-44(2,3)59-43(54)47-35-16-12-7-5-6-11-15-30-27-45(30,42(53)50-60(55,56)33-22-23-33)49-41(52)39(48-40(35)51)29-17-19-31(20-18-29)58-38-26-36(28-13-9-8-10-14-28)46-37-25-32(57-4)21-24-34(37)38/h8-11,13-15,17-21,24-26,30,33,35,39H,5-7,12,16,22-23,27H2,1-4H3,(H,47,54)(H,48,51)(H,49,52)(H,50,53)/b15-11-/t30-,35+,39+,45-/m1/s1. The highest BCUT2D eigenvalue weighted by molar-refractivity contribution is 7.91. The van der Waals surface area contributed by atoms with E-state index < -0.39 is 68.2 Å². The number of fused-ring (bicyclic) bond motifs is 2. The van der Waals surface area contributed by atoms with Crippen LogP contribution in [0.4, 0.5) is 4.79 Å². The van der Waals surface area contributed by atoms with Crippen LogP contribution in [0, 0.1) is 5.92 Å². The Hall–Kier alpha value is -5.96. The molecule has 4 atom stereocenters. The van der Waals surface area contributed by atoms with Crippen LogP contribution in [-0.2, 0) is 29.1 Å². The molecule has 316 valence electrons. The first-order chi connectivity index (χ1) is 28.6. The minimum Gasteiger partial charge on any atom is -0.497 e. The Morgan fingerprint density at radius 3 is 2.32 bits per heavy atom. The molecule has 2 heterocycles. The molecule has 0 spiro atoms. The highest BCUT2D eigenvalue weighted by atomic mass is 32.2. The number of ether oxygens (including phenoxy) is 3. The largest absolute Gasteiger partial charge is 0.497 e. The van der Waals surface area contributed by atoms with Gasteiger partial charge in [-0.3, -0.25) is 19.1 Å². The number of benzene rings is 3. The number of hydrogen-bond acceptors (Lipinski definition) is 10. The average molecular weight is 838 g/mol. The third-order valence-electron chi connectivity index (χ3n) is 10.7. The second-order valence-corrected chi connectivity index (χ2v) is 18.5. The van der Waals surface area contributed by atoms with Crippen molar-refractivity contribution in [2.75, 3.05) is 7.11 Å². The normalized spacial score (nSPS) is 23.0. The van der Waals surface area contributed by atoms with Gasteiger partial charge in [-0.15, -0.1) is 0 Å². The third kappa shape index (κ3) is 10.1. The van der Waals surface area contributed by atoms with Crippen molar-refractivity contribution >= 4 is 44.7 Å². The molecule has 15 heteroatoms. The van der Waals surface area contributed by atoms with E-state index in [0.29, 0.717) is 59.7 Å². The molecule has 1 aromatic heterocycles. The van der Waals surface area contributed by atoms with Gasteiger partial charge in [-0.25, -0.2) is 18.2 Å². The lowest BCUT2D eigenvalue weighted by molar-refractivity contribution is -0.133. The molecule has 4 amide bonds. The first kappa shape index (κ1) is 42.2. The molecule has 0 saturated heterocycles. The number of amides is 4. The highest BCUT2D eigenvalue weighted by Gasteiger charge is 2.61. The lowest BCUT2D eigenvalue weighted by Crippen LogP contribution is -2.56. The minimum absolute atomic E-state index is 0.175. The summed E-state index contributed by atoms with van der Waals surface area (Å²) in [7, 11) is -2.34. The maximum atomic E-state index is 14.5. The predicted molar refractivity (Wildman–Crippen MR) is 226 cm³/mol. The van der Waals surface area contributed by atoms with Crippen molar-refractivity contribution in [1.82, 2.24) is 25.7 Å². The summed E-state index contributed by atoms with van der Waals surface area (Å²) in [6.45, 7) is 5.15. The summed E-state index contributed by atoms with van der Waals surface area (Å²) in [5, 5.41) is 8.43. The summed E-state index contributed by atoms with van der Waals surface area (Å²) >= 11 is 0. The van der Waals surface area contributed by atoms with E-state index in [4.69, 9.17) is 19.2 Å². The van der Waals surface area contributed by atoms with Gasteiger partial charge in [0.25, 0.3) is 5.91 Å². The maximum Gasteiger partial charge on any atom is 0.408 e. The topological polar surface area (TPSA) is 191 Å². The average Bonchev–Trinajstić information content (AvgIpc) is 4.15. The number of nitrogens with one attached hydrogen (secondary N) is 4. The fraction of sp³-hybridized carbons (Fsp3) is 0.400. The molecule has 2 fully saturated rings. The number of aromatic nitrogens is 1. The van der Waals surface area contributed by atoms with E-state index in [1.807, 2.05) is 66.7 Å². The van der Waals surface area contributed by atoms with Gasteiger partial charge in [0.15, 0.2) is 0 Å². The van der Waals surface area contributed by atoms with Crippen LogP contribution in [0.25, 0.3) is 22.2 Å². The Morgan fingerprint density at radius 1 is 0.883 bits per heavy atom. The Balaban J connectivity index is 1.21. The number of carbonyl (C=O) groups excluding carboxylic acids is 4. The molecule has 60 heavy (non-hydrogen) atoms. The zero-order chi connectivity index (χ0) is 42.7. The van der Waals surface area contributed by atoms with Gasteiger partial charge < -0.3 is 30.2 Å². The summed E-state index contributed by atoms with van der Waals surface area (Å²) in [5.74, 6) is -1.09. The van der Waals surface area contributed by atoms with Gasteiger partial charge in [-0.05, 0) is 89.1 Å². The molecule has 0 radical (unpaired) electrons. The van der Waals surface area contributed by atoms with Crippen molar-refractivity contribution in [1.29, 1.82) is 0 Å². The van der Waals surface area contributed by atoms with Crippen molar-refractivity contribution in [2.24, 2.45) is 5.92 Å². The third-order valence-corrected chi connectivity index (χ3v) is 12.6. The lowest BCUT2D eigenvalue weighted by Gasteiger charge is -2.27. The molecule has 7 rings (SSSR count). The van der Waals surface area contributed by atoms with Gasteiger partial charge in [-0.1, -0.05) is 67.5 Å². The van der Waals surface area contributed by atoms with Gasteiger partial charge in [-0.2, -0.15) is 0 Å². The van der Waals surface area contributed by atoms with Crippen LogP contribution in [0.3, 0.4) is 0 Å². The Bertz CT molecular complexity index is 2400. The molecular weight excluding hydrogens is 787 g/mol. The molecule has 3 aliphatic rings. The Morgan fingerprint density at radius 2 is 1.62 bits per heavy atom. The quantitative estimate of drug-likeness (QED) is 0.131. The SMILES string of the molecule is COc1ccc2c(Oc3ccc([C@@H]4NC(=O)[C@@H](NC(=O)OC(C)(C)C)CCCCC/C=C\[C@@H]5C[C@@]5(C(=O)NS(=O)(=O)C5CC5)NC4=O)cc3)cc(-c3ccccc3)nc2c1. The first-order valence-corrected chi connectivity index (χ1v) is 21.9. The van der Waals surface area contributed by atoms with Crippen molar-refractivity contribution in [3.63, 3.8) is 0 Å². The number of nitrogens with zero attached hydrogens (tertiary/aromatic N) is 1. The molecule has 2 aliphatic carbocycles. The van der Waals surface area contributed by atoms with Crippen molar-refractivity contribution in [3.8, 4) is 28.5 Å². The second kappa shape index (κ2) is 17.3. The van der Waals surface area contributed by atoms with Crippen LogP contribution in [0.1, 0.15) is 83.7 Å². The molecule has 2 saturated carbocycles. The molecule has 0 bridgehead atoms. The number of carbonyl (C=O) groups is 4. The molecule has 1 aliphatic heterocycles. The van der Waals surface area contributed by atoms with E-state index in [0.717, 1.165) is 23.8 Å². The van der Waals surface area contributed by atoms with Gasteiger partial charge >= 0.3 is 6.09 Å². The van der Waals surface area contributed by atoms with Crippen LogP contribution < -0.4 is 30.1 Å². The summed E-state index contributed by atoms with van der Waals surface area (Å²) in [6.07, 6.45) is 7.16. The molecular formula is C45H51N5O9S. The first-order valence-electron chi connectivity index (χ1n) is 20.3. The summed E-state index contributed by atoms with van der Waals surface area (Å²) < 4.78 is 45.4. The number of alkyl carbamates (subject to hydrolysis) is 1. The number of methoxy groups -OCH3 is 1. The number of sulfonamides is 1. The summed E-state index contributed by atoms with van der Waals surface area (Å²) in [5.41, 5.74) is 0.193. The summed E-state index contributed by atoms with van der Waals surface area (Å²) in [4.78, 5) is 60.2. The number of rotatable bonds is 9. The van der Waals surface area contributed by atoms with Crippen molar-refractivity contribution < 1.29 is 41.8 Å². The zero-order valence-electron chi connectivity index (χ0n) is 34.2. The van der Waals surface area contributed by atoms with Crippen LogP contribution in [0.2, 0.25) is 0 Å². The smallest absolute Gasteiger partial charge is 0.408 e. The molecule has 0 unspecified atom stereocenters. The minimum atomic E-state index is -3.92. The maximum absolute atomic E-state index is 14.5. The number of pyridine rings is 1. The van der Waals surface area contributed by atoms with E-state index in [9.17, 15) is 27.6 Å². The molecule has 4 N–H and O–H groups in total. The van der Waals surface area contributed by atoms with Crippen LogP contribution in [0.15, 0.2) is 91.0 Å². The number of hydrogen-bond donors (Lipinski definition) is 4. The molecule has 3 aromatic carbocycles. The van der Waals surface area contributed by atoms with Crippen LogP contribution in [-0.4, -0.2) is 66.8 Å².